The molecule has 72 valence electrons. The van der Waals surface area contributed by atoms with Crippen LogP contribution < -0.4 is 9.47 Å². The van der Waals surface area contributed by atoms with E-state index in [1.54, 1.807) is 0 Å². The zero-order chi connectivity index (χ0) is 9.97. The minimum absolute atomic E-state index is 0.233. The molecule has 0 radical (unpaired) electrons. The fraction of sp³-hybridized carbons (Fsp3) is 0.300. The molecule has 1 aromatic carbocycles. The van der Waals surface area contributed by atoms with E-state index in [1.807, 2.05) is 19.1 Å². The summed E-state index contributed by atoms with van der Waals surface area (Å²) < 4.78 is 10.5. The van der Waals surface area contributed by atoms with Gasteiger partial charge >= 0.3 is 0 Å². The van der Waals surface area contributed by atoms with Crippen LogP contribution in [0.1, 0.15) is 11.1 Å². The molecule has 0 bridgehead atoms. The van der Waals surface area contributed by atoms with Gasteiger partial charge in [0.15, 0.2) is 11.5 Å². The Labute approximate surface area is 81.2 Å². The van der Waals surface area contributed by atoms with Crippen LogP contribution in [-0.4, -0.2) is 12.9 Å². The third kappa shape index (κ3) is 1.47. The molecule has 2 rings (SSSR count). The molecule has 0 aliphatic carbocycles. The second-order valence-corrected chi connectivity index (χ2v) is 3.07. The zero-order valence-corrected chi connectivity index (χ0v) is 7.74. The molecule has 1 aliphatic rings. The summed E-state index contributed by atoms with van der Waals surface area (Å²) in [4.78, 5) is 13.5. The first kappa shape index (κ1) is 8.78. The van der Waals surface area contributed by atoms with E-state index in [-0.39, 0.29) is 13.3 Å². The van der Waals surface area contributed by atoms with Gasteiger partial charge in [-0.25, -0.2) is 9.79 Å². The average molecular weight is 191 g/mol. The molecule has 0 unspecified atom stereocenters. The number of hydrogen-bond donors (Lipinski definition) is 0. The summed E-state index contributed by atoms with van der Waals surface area (Å²) >= 11 is 0. The Balaban J connectivity index is 2.43. The van der Waals surface area contributed by atoms with Crippen molar-refractivity contribution in [2.24, 2.45) is 4.99 Å². The van der Waals surface area contributed by atoms with Gasteiger partial charge in [0.25, 0.3) is 0 Å². The van der Waals surface area contributed by atoms with Crippen LogP contribution in [0.5, 0.6) is 11.5 Å². The lowest BCUT2D eigenvalue weighted by Gasteiger charge is -2.03. The van der Waals surface area contributed by atoms with E-state index < -0.39 is 0 Å². The van der Waals surface area contributed by atoms with Crippen molar-refractivity contribution in [1.82, 2.24) is 0 Å². The molecule has 0 fully saturated rings. The van der Waals surface area contributed by atoms with Gasteiger partial charge in [-0.3, -0.25) is 0 Å². The predicted molar refractivity (Wildman–Crippen MR) is 49.1 cm³/mol. The molecule has 14 heavy (non-hydrogen) atoms. The van der Waals surface area contributed by atoms with Crippen molar-refractivity contribution in [3.8, 4) is 11.5 Å². The monoisotopic (exact) mass is 191 g/mol. The number of nitrogens with zero attached hydrogens (tertiary/aromatic N) is 1. The highest BCUT2D eigenvalue weighted by molar-refractivity contribution is 5.51. The summed E-state index contributed by atoms with van der Waals surface area (Å²) in [6, 6.07) is 3.82. The van der Waals surface area contributed by atoms with Crippen LogP contribution in [0.4, 0.5) is 0 Å². The number of aliphatic imine (C=N–C) groups is 1. The van der Waals surface area contributed by atoms with Crippen molar-refractivity contribution in [3.05, 3.63) is 23.3 Å². The normalized spacial score (nSPS) is 12.4. The highest BCUT2D eigenvalue weighted by Crippen LogP contribution is 2.36. The van der Waals surface area contributed by atoms with E-state index in [0.717, 1.165) is 16.9 Å². The largest absolute Gasteiger partial charge is 0.454 e. The Morgan fingerprint density at radius 2 is 2.36 bits per heavy atom. The van der Waals surface area contributed by atoms with Crippen molar-refractivity contribution in [2.45, 2.75) is 13.5 Å². The Kier molecular flexibility index (Phi) is 2.21. The van der Waals surface area contributed by atoms with Crippen molar-refractivity contribution in [3.63, 3.8) is 0 Å². The van der Waals surface area contributed by atoms with Gasteiger partial charge in [0, 0.05) is 5.56 Å². The number of carbonyl (C=O) groups excluding carboxylic acids is 1. The molecule has 0 aromatic heterocycles. The first-order chi connectivity index (χ1) is 6.81. The van der Waals surface area contributed by atoms with E-state index in [2.05, 4.69) is 4.99 Å². The number of aryl methyl sites for hydroxylation is 1. The third-order valence-electron chi connectivity index (χ3n) is 2.01. The van der Waals surface area contributed by atoms with Gasteiger partial charge in [-0.2, -0.15) is 0 Å². The number of isocyanates is 1. The minimum Gasteiger partial charge on any atom is -0.454 e. The molecule has 0 spiro atoms. The third-order valence-corrected chi connectivity index (χ3v) is 2.01. The highest BCUT2D eigenvalue weighted by Gasteiger charge is 2.17. The standard InChI is InChI=1S/C10H9NO3/c1-7-2-8(4-11-5-12)10-9(3-7)13-6-14-10/h2-3H,4,6H2,1H3. The first-order valence-corrected chi connectivity index (χ1v) is 4.24. The number of benzene rings is 1. The highest BCUT2D eigenvalue weighted by atomic mass is 16.7. The molecule has 1 aliphatic heterocycles. The predicted octanol–water partition coefficient (Wildman–Crippen LogP) is 1.56. The van der Waals surface area contributed by atoms with Crippen LogP contribution >= 0.6 is 0 Å². The molecule has 0 saturated heterocycles. The van der Waals surface area contributed by atoms with Gasteiger partial charge in [0.1, 0.15) is 0 Å². The molecular weight excluding hydrogens is 182 g/mol. The Hall–Kier alpha value is -1.80. The van der Waals surface area contributed by atoms with Crippen LogP contribution in [-0.2, 0) is 11.3 Å². The van der Waals surface area contributed by atoms with Crippen LogP contribution in [0, 0.1) is 6.92 Å². The lowest BCUT2D eigenvalue weighted by molar-refractivity contribution is 0.173. The number of fused-ring (bicyclic) bond motifs is 1. The number of rotatable bonds is 2. The summed E-state index contributed by atoms with van der Waals surface area (Å²) in [6.45, 7) is 2.48. The summed E-state index contributed by atoms with van der Waals surface area (Å²) in [5, 5.41) is 0. The summed E-state index contributed by atoms with van der Waals surface area (Å²) in [7, 11) is 0. The number of ether oxygens (including phenoxy) is 2. The molecule has 0 atom stereocenters. The second-order valence-electron chi connectivity index (χ2n) is 3.07. The smallest absolute Gasteiger partial charge is 0.235 e. The van der Waals surface area contributed by atoms with Crippen LogP contribution in [0.25, 0.3) is 0 Å². The quantitative estimate of drug-likeness (QED) is 0.526. The topological polar surface area (TPSA) is 47.9 Å². The maximum Gasteiger partial charge on any atom is 0.235 e. The zero-order valence-electron chi connectivity index (χ0n) is 7.74. The maximum atomic E-state index is 10.00. The van der Waals surface area contributed by atoms with E-state index in [1.165, 1.54) is 6.08 Å². The van der Waals surface area contributed by atoms with Crippen molar-refractivity contribution >= 4 is 6.08 Å². The van der Waals surface area contributed by atoms with Crippen LogP contribution in [0.15, 0.2) is 17.1 Å². The lowest BCUT2D eigenvalue weighted by atomic mass is 10.1. The molecule has 0 N–H and O–H groups in total. The fourth-order valence-corrected chi connectivity index (χ4v) is 1.47. The fourth-order valence-electron chi connectivity index (χ4n) is 1.47. The van der Waals surface area contributed by atoms with Crippen molar-refractivity contribution < 1.29 is 14.3 Å². The number of hydrogen-bond acceptors (Lipinski definition) is 4. The summed E-state index contributed by atoms with van der Waals surface area (Å²) in [5.41, 5.74) is 1.92. The van der Waals surface area contributed by atoms with E-state index in [4.69, 9.17) is 9.47 Å². The molecule has 1 aromatic rings. The van der Waals surface area contributed by atoms with E-state index in [9.17, 15) is 4.79 Å². The summed E-state index contributed by atoms with van der Waals surface area (Å²) in [5.74, 6) is 1.41. The van der Waals surface area contributed by atoms with Crippen molar-refractivity contribution in [1.29, 1.82) is 0 Å². The van der Waals surface area contributed by atoms with Gasteiger partial charge in [-0.05, 0) is 18.6 Å². The second kappa shape index (κ2) is 3.52. The minimum atomic E-state index is 0.233. The molecule has 4 heteroatoms. The maximum absolute atomic E-state index is 10.00. The van der Waals surface area contributed by atoms with Gasteiger partial charge in [0.05, 0.1) is 6.54 Å². The van der Waals surface area contributed by atoms with Gasteiger partial charge in [-0.1, -0.05) is 6.07 Å². The van der Waals surface area contributed by atoms with Gasteiger partial charge in [-0.15, -0.1) is 0 Å². The van der Waals surface area contributed by atoms with Crippen molar-refractivity contribution in [2.75, 3.05) is 6.79 Å². The average Bonchev–Trinajstić information content (AvgIpc) is 2.61. The Bertz CT molecular complexity index is 408. The summed E-state index contributed by atoms with van der Waals surface area (Å²) in [6.07, 6.45) is 1.51. The van der Waals surface area contributed by atoms with Crippen LogP contribution in [0.2, 0.25) is 0 Å². The molecule has 4 nitrogen and oxygen atoms in total. The van der Waals surface area contributed by atoms with Gasteiger partial charge in [0.2, 0.25) is 12.9 Å². The Morgan fingerprint density at radius 1 is 1.50 bits per heavy atom. The molecule has 0 saturated carbocycles. The van der Waals surface area contributed by atoms with Gasteiger partial charge < -0.3 is 9.47 Å². The van der Waals surface area contributed by atoms with Crippen LogP contribution in [0.3, 0.4) is 0 Å². The molecular formula is C10H9NO3. The first-order valence-electron chi connectivity index (χ1n) is 4.24. The molecule has 0 amide bonds. The molecule has 1 heterocycles. The Morgan fingerprint density at radius 3 is 3.14 bits per heavy atom. The van der Waals surface area contributed by atoms with E-state index >= 15 is 0 Å². The SMILES string of the molecule is Cc1cc(CN=C=O)c2c(c1)OCO2. The van der Waals surface area contributed by atoms with E-state index in [0.29, 0.717) is 5.75 Å². The lowest BCUT2D eigenvalue weighted by Crippen LogP contribution is -1.94.